The van der Waals surface area contributed by atoms with E-state index in [2.05, 4.69) is 27.9 Å². The van der Waals surface area contributed by atoms with E-state index < -0.39 is 6.10 Å². The summed E-state index contributed by atoms with van der Waals surface area (Å²) in [7, 11) is 0. The van der Waals surface area contributed by atoms with Crippen molar-refractivity contribution in [2.24, 2.45) is 0 Å². The maximum absolute atomic E-state index is 11.9. The Kier molecular flexibility index (Phi) is 6.28. The maximum Gasteiger partial charge on any atom is 0.251 e. The van der Waals surface area contributed by atoms with Crippen molar-refractivity contribution < 1.29 is 14.6 Å². The van der Waals surface area contributed by atoms with E-state index in [4.69, 9.17) is 9.72 Å². The van der Waals surface area contributed by atoms with Crippen molar-refractivity contribution >= 4 is 11.6 Å². The minimum Gasteiger partial charge on any atom is -0.456 e. The first-order chi connectivity index (χ1) is 16.0. The van der Waals surface area contributed by atoms with Crippen molar-refractivity contribution in [3.05, 3.63) is 60.0 Å². The van der Waals surface area contributed by atoms with E-state index >= 15 is 0 Å². The van der Waals surface area contributed by atoms with Gasteiger partial charge in [0.05, 0.1) is 11.9 Å². The van der Waals surface area contributed by atoms with Gasteiger partial charge in [0.2, 0.25) is 0 Å². The summed E-state index contributed by atoms with van der Waals surface area (Å²) in [6, 6.07) is 12.4. The molecule has 174 valence electrons. The quantitative estimate of drug-likeness (QED) is 0.526. The summed E-state index contributed by atoms with van der Waals surface area (Å²) in [6.07, 6.45) is 4.11. The second-order valence-electron chi connectivity index (χ2n) is 8.72. The van der Waals surface area contributed by atoms with Crippen LogP contribution in [0.25, 0.3) is 5.65 Å². The molecular weight excluding hydrogens is 420 g/mol. The number of carbonyl (C=O) groups is 1. The molecule has 9 nitrogen and oxygen atoms in total. The number of aliphatic hydroxyl groups excluding tert-OH is 1. The number of rotatable bonds is 6. The second kappa shape index (κ2) is 9.48. The summed E-state index contributed by atoms with van der Waals surface area (Å²) in [5.41, 5.74) is 9.53. The molecule has 3 aromatic rings. The van der Waals surface area contributed by atoms with Gasteiger partial charge in [-0.15, -0.1) is 0 Å². The molecule has 0 aliphatic carbocycles. The first kappa shape index (κ1) is 21.8. The number of piperazine rings is 1. The van der Waals surface area contributed by atoms with Crippen molar-refractivity contribution in [2.75, 3.05) is 32.7 Å². The first-order valence-electron chi connectivity index (χ1n) is 11.5. The van der Waals surface area contributed by atoms with Gasteiger partial charge in [-0.3, -0.25) is 20.5 Å². The highest BCUT2D eigenvalue weighted by Gasteiger charge is 2.24. The van der Waals surface area contributed by atoms with E-state index in [0.29, 0.717) is 19.1 Å². The number of pyridine rings is 1. The Morgan fingerprint density at radius 1 is 1.12 bits per heavy atom. The Balaban J connectivity index is 1.20. The van der Waals surface area contributed by atoms with E-state index in [1.165, 1.54) is 12.5 Å². The third-order valence-electron chi connectivity index (χ3n) is 6.25. The van der Waals surface area contributed by atoms with E-state index in [1.54, 1.807) is 4.90 Å². The van der Waals surface area contributed by atoms with Crippen LogP contribution >= 0.6 is 0 Å². The van der Waals surface area contributed by atoms with Gasteiger partial charge in [-0.1, -0.05) is 12.1 Å². The standard InChI is InChI=1S/C24H30N6O3/c1-17(31)24(32)29-12-10-28(11-13-29)14-19-15-30-16-21(6-7-23(30)26-19)33-20-4-2-18(3-5-20)22-8-9-25-27-22/h2-7,15-17,22,25,27,31H,8-14H2,1H3/t17-,22?/m0/s1. The molecule has 4 heterocycles. The highest BCUT2D eigenvalue weighted by atomic mass is 16.5. The van der Waals surface area contributed by atoms with Gasteiger partial charge < -0.3 is 19.1 Å². The fourth-order valence-electron chi connectivity index (χ4n) is 4.42. The average molecular weight is 451 g/mol. The molecule has 9 heteroatoms. The van der Waals surface area contributed by atoms with E-state index in [9.17, 15) is 9.90 Å². The number of aliphatic hydroxyl groups is 1. The number of benzene rings is 1. The zero-order chi connectivity index (χ0) is 22.8. The summed E-state index contributed by atoms with van der Waals surface area (Å²) in [5.74, 6) is 1.36. The number of nitrogens with one attached hydrogen (secondary N) is 2. The van der Waals surface area contributed by atoms with E-state index in [1.807, 2.05) is 41.1 Å². The number of nitrogens with zero attached hydrogens (tertiary/aromatic N) is 4. The molecule has 1 amide bonds. The molecule has 2 aliphatic rings. The van der Waals surface area contributed by atoms with Gasteiger partial charge in [-0.05, 0) is 43.2 Å². The molecule has 0 spiro atoms. The molecule has 2 aliphatic heterocycles. The molecule has 2 fully saturated rings. The fraction of sp³-hybridized carbons (Fsp3) is 0.417. The molecule has 2 atom stereocenters. The lowest BCUT2D eigenvalue weighted by molar-refractivity contribution is -0.141. The number of hydrogen-bond acceptors (Lipinski definition) is 7. The summed E-state index contributed by atoms with van der Waals surface area (Å²) < 4.78 is 8.05. The summed E-state index contributed by atoms with van der Waals surface area (Å²) in [4.78, 5) is 20.7. The third-order valence-corrected chi connectivity index (χ3v) is 6.25. The number of carbonyl (C=O) groups excluding carboxylic acids is 1. The highest BCUT2D eigenvalue weighted by Crippen LogP contribution is 2.26. The fourth-order valence-corrected chi connectivity index (χ4v) is 4.42. The lowest BCUT2D eigenvalue weighted by atomic mass is 10.1. The summed E-state index contributed by atoms with van der Waals surface area (Å²) in [5, 5.41) is 9.49. The zero-order valence-electron chi connectivity index (χ0n) is 18.8. The second-order valence-corrected chi connectivity index (χ2v) is 8.72. The predicted octanol–water partition coefficient (Wildman–Crippen LogP) is 1.69. The molecule has 2 aromatic heterocycles. The van der Waals surface area contributed by atoms with E-state index in [-0.39, 0.29) is 5.91 Å². The van der Waals surface area contributed by atoms with Crippen LogP contribution in [0.2, 0.25) is 0 Å². The topological polar surface area (TPSA) is 94.4 Å². The Hall–Kier alpha value is -2.98. The van der Waals surface area contributed by atoms with Crippen LogP contribution in [-0.4, -0.2) is 69.0 Å². The number of imidazole rings is 1. The molecule has 3 N–H and O–H groups in total. The van der Waals surface area contributed by atoms with Gasteiger partial charge in [-0.2, -0.15) is 0 Å². The van der Waals surface area contributed by atoms with Crippen LogP contribution in [0.15, 0.2) is 48.8 Å². The highest BCUT2D eigenvalue weighted by molar-refractivity contribution is 5.80. The monoisotopic (exact) mass is 450 g/mol. The Morgan fingerprint density at radius 3 is 2.58 bits per heavy atom. The summed E-state index contributed by atoms with van der Waals surface area (Å²) in [6.45, 7) is 6.01. The zero-order valence-corrected chi connectivity index (χ0v) is 18.8. The maximum atomic E-state index is 11.9. The van der Waals surface area contributed by atoms with Crippen LogP contribution in [0.4, 0.5) is 0 Å². The Bertz CT molecular complexity index is 1100. The SMILES string of the molecule is C[C@H](O)C(=O)N1CCN(Cc2cn3cc(Oc4ccc(C5CCNN5)cc4)ccc3n2)CC1. The average Bonchev–Trinajstić information content (AvgIpc) is 3.49. The van der Waals surface area contributed by atoms with Crippen LogP contribution in [0, 0.1) is 0 Å². The van der Waals surface area contributed by atoms with E-state index in [0.717, 1.165) is 55.4 Å². The van der Waals surface area contributed by atoms with Crippen LogP contribution in [0.1, 0.15) is 30.6 Å². The Morgan fingerprint density at radius 2 is 1.88 bits per heavy atom. The number of hydrazine groups is 1. The van der Waals surface area contributed by atoms with Gasteiger partial charge >= 0.3 is 0 Å². The van der Waals surface area contributed by atoms with Gasteiger partial charge in [0.15, 0.2) is 0 Å². The number of hydrogen-bond donors (Lipinski definition) is 3. The molecule has 0 radical (unpaired) electrons. The van der Waals surface area contributed by atoms with Gasteiger partial charge in [-0.25, -0.2) is 4.98 Å². The largest absolute Gasteiger partial charge is 0.456 e. The number of ether oxygens (including phenoxy) is 1. The van der Waals surface area contributed by atoms with Crippen LogP contribution in [0.3, 0.4) is 0 Å². The number of amides is 1. The number of fused-ring (bicyclic) bond motifs is 1. The normalized spacial score (nSPS) is 20.3. The molecule has 0 bridgehead atoms. The van der Waals surface area contributed by atoms with Gasteiger partial charge in [0, 0.05) is 51.5 Å². The molecule has 2 saturated heterocycles. The third kappa shape index (κ3) is 5.01. The molecule has 5 rings (SSSR count). The van der Waals surface area contributed by atoms with Crippen LogP contribution < -0.4 is 15.6 Å². The van der Waals surface area contributed by atoms with Gasteiger partial charge in [0.25, 0.3) is 5.91 Å². The minimum atomic E-state index is -0.939. The summed E-state index contributed by atoms with van der Waals surface area (Å²) >= 11 is 0. The Labute approximate surface area is 192 Å². The van der Waals surface area contributed by atoms with Crippen molar-refractivity contribution in [3.8, 4) is 11.5 Å². The number of aromatic nitrogens is 2. The van der Waals surface area contributed by atoms with Crippen LogP contribution in [-0.2, 0) is 11.3 Å². The molecule has 33 heavy (non-hydrogen) atoms. The van der Waals surface area contributed by atoms with Gasteiger partial charge in [0.1, 0.15) is 23.3 Å². The van der Waals surface area contributed by atoms with Crippen molar-refractivity contribution in [3.63, 3.8) is 0 Å². The van der Waals surface area contributed by atoms with Crippen molar-refractivity contribution in [1.82, 2.24) is 30.0 Å². The minimum absolute atomic E-state index is 0.197. The molecule has 1 aromatic carbocycles. The van der Waals surface area contributed by atoms with Crippen molar-refractivity contribution in [2.45, 2.75) is 32.0 Å². The smallest absolute Gasteiger partial charge is 0.251 e. The van der Waals surface area contributed by atoms with Crippen LogP contribution in [0.5, 0.6) is 11.5 Å². The molecule has 1 unspecified atom stereocenters. The molecular formula is C24H30N6O3. The van der Waals surface area contributed by atoms with Crippen molar-refractivity contribution in [1.29, 1.82) is 0 Å². The lowest BCUT2D eigenvalue weighted by Gasteiger charge is -2.34. The predicted molar refractivity (Wildman–Crippen MR) is 124 cm³/mol. The lowest BCUT2D eigenvalue weighted by Crippen LogP contribution is -2.50. The molecule has 0 saturated carbocycles. The first-order valence-corrected chi connectivity index (χ1v) is 11.5.